The Morgan fingerprint density at radius 1 is 0.778 bits per heavy atom. The largest absolute Gasteiger partial charge is 0.417 e. The Kier molecular flexibility index (Phi) is 3.82. The summed E-state index contributed by atoms with van der Waals surface area (Å²) in [6.45, 7) is 0. The first-order valence-corrected chi connectivity index (χ1v) is 6.59. The number of hydrogen-bond donors (Lipinski definition) is 0. The molecule has 0 N–H and O–H groups in total. The van der Waals surface area contributed by atoms with E-state index in [0.717, 1.165) is 10.5 Å². The molecule has 0 spiro atoms. The van der Waals surface area contributed by atoms with Crippen LogP contribution >= 0.6 is 31.9 Å². The van der Waals surface area contributed by atoms with Crippen LogP contribution in [0.2, 0.25) is 0 Å². The molecule has 0 atom stereocenters. The van der Waals surface area contributed by atoms with Gasteiger partial charge in [-0.1, -0.05) is 50.1 Å². The molecular formula is C13H7Br2F3. The van der Waals surface area contributed by atoms with E-state index in [-0.39, 0.29) is 5.56 Å². The van der Waals surface area contributed by atoms with Crippen LogP contribution in [-0.2, 0) is 6.18 Å². The average molecular weight is 380 g/mol. The number of rotatable bonds is 1. The van der Waals surface area contributed by atoms with E-state index in [9.17, 15) is 13.2 Å². The van der Waals surface area contributed by atoms with Crippen molar-refractivity contribution in [2.75, 3.05) is 0 Å². The summed E-state index contributed by atoms with van der Waals surface area (Å²) in [7, 11) is 0. The molecule has 2 rings (SSSR count). The van der Waals surface area contributed by atoms with E-state index < -0.39 is 11.7 Å². The molecule has 0 saturated heterocycles. The summed E-state index contributed by atoms with van der Waals surface area (Å²) in [6, 6.07) is 10.9. The van der Waals surface area contributed by atoms with Gasteiger partial charge in [-0.3, -0.25) is 0 Å². The molecule has 94 valence electrons. The van der Waals surface area contributed by atoms with Crippen LogP contribution in [0.25, 0.3) is 11.1 Å². The van der Waals surface area contributed by atoms with Gasteiger partial charge in [0.25, 0.3) is 0 Å². The number of halogens is 5. The molecule has 0 fully saturated rings. The summed E-state index contributed by atoms with van der Waals surface area (Å²) in [6.07, 6.45) is -4.37. The monoisotopic (exact) mass is 378 g/mol. The van der Waals surface area contributed by atoms with Crippen LogP contribution in [0.4, 0.5) is 13.2 Å². The Bertz CT molecular complexity index is 559. The Balaban J connectivity index is 2.60. The van der Waals surface area contributed by atoms with Crippen LogP contribution in [0, 0.1) is 0 Å². The van der Waals surface area contributed by atoms with E-state index in [0.29, 0.717) is 10.0 Å². The summed E-state index contributed by atoms with van der Waals surface area (Å²) >= 11 is 6.32. The van der Waals surface area contributed by atoms with Crippen LogP contribution in [0.15, 0.2) is 51.4 Å². The van der Waals surface area contributed by atoms with Gasteiger partial charge >= 0.3 is 6.18 Å². The zero-order valence-corrected chi connectivity index (χ0v) is 12.1. The van der Waals surface area contributed by atoms with Gasteiger partial charge in [0, 0.05) is 8.95 Å². The molecular weight excluding hydrogens is 373 g/mol. The summed E-state index contributed by atoms with van der Waals surface area (Å²) in [5, 5.41) is 0. The minimum atomic E-state index is -4.37. The third-order valence-electron chi connectivity index (χ3n) is 2.44. The van der Waals surface area contributed by atoms with Crippen molar-refractivity contribution in [3.05, 3.63) is 57.0 Å². The second-order valence-corrected chi connectivity index (χ2v) is 5.53. The zero-order valence-electron chi connectivity index (χ0n) is 8.93. The summed E-state index contributed by atoms with van der Waals surface area (Å²) in [5.74, 6) is 0. The SMILES string of the molecule is FC(F)(F)c1cc(Br)ccc1-c1ccc(Br)cc1. The van der Waals surface area contributed by atoms with Crippen molar-refractivity contribution in [3.63, 3.8) is 0 Å². The highest BCUT2D eigenvalue weighted by atomic mass is 79.9. The molecule has 2 aromatic rings. The maximum absolute atomic E-state index is 13.0. The second-order valence-electron chi connectivity index (χ2n) is 3.69. The summed E-state index contributed by atoms with van der Waals surface area (Å²) in [4.78, 5) is 0. The van der Waals surface area contributed by atoms with Crippen molar-refractivity contribution in [2.24, 2.45) is 0 Å². The fourth-order valence-electron chi connectivity index (χ4n) is 1.63. The van der Waals surface area contributed by atoms with Gasteiger partial charge in [-0.25, -0.2) is 0 Å². The minimum Gasteiger partial charge on any atom is -0.166 e. The lowest BCUT2D eigenvalue weighted by Gasteiger charge is -2.13. The molecule has 0 aliphatic rings. The molecule has 5 heteroatoms. The standard InChI is InChI=1S/C13H7Br2F3/c14-9-3-1-8(2-4-9)11-6-5-10(15)7-12(11)13(16,17)18/h1-7H. The lowest BCUT2D eigenvalue weighted by atomic mass is 9.99. The molecule has 0 saturated carbocycles. The Morgan fingerprint density at radius 2 is 1.33 bits per heavy atom. The Morgan fingerprint density at radius 3 is 1.89 bits per heavy atom. The van der Waals surface area contributed by atoms with Crippen molar-refractivity contribution in [1.82, 2.24) is 0 Å². The average Bonchev–Trinajstić information content (AvgIpc) is 2.29. The van der Waals surface area contributed by atoms with Crippen LogP contribution in [0.5, 0.6) is 0 Å². The number of alkyl halides is 3. The van der Waals surface area contributed by atoms with E-state index in [1.54, 1.807) is 30.3 Å². The maximum Gasteiger partial charge on any atom is 0.417 e. The molecule has 0 radical (unpaired) electrons. The molecule has 0 aliphatic heterocycles. The quantitative estimate of drug-likeness (QED) is 0.578. The first-order valence-electron chi connectivity index (χ1n) is 5.00. The number of hydrogen-bond acceptors (Lipinski definition) is 0. The van der Waals surface area contributed by atoms with E-state index in [4.69, 9.17) is 0 Å². The maximum atomic E-state index is 13.0. The van der Waals surface area contributed by atoms with Gasteiger partial charge in [0.05, 0.1) is 5.56 Å². The molecule has 0 unspecified atom stereocenters. The van der Waals surface area contributed by atoms with Gasteiger partial charge < -0.3 is 0 Å². The summed E-state index contributed by atoms with van der Waals surface area (Å²) < 4.78 is 40.1. The van der Waals surface area contributed by atoms with Crippen molar-refractivity contribution in [3.8, 4) is 11.1 Å². The minimum absolute atomic E-state index is 0.179. The van der Waals surface area contributed by atoms with Crippen molar-refractivity contribution in [1.29, 1.82) is 0 Å². The Labute approximate surface area is 119 Å². The predicted molar refractivity (Wildman–Crippen MR) is 72.3 cm³/mol. The van der Waals surface area contributed by atoms with E-state index in [1.165, 1.54) is 6.07 Å². The smallest absolute Gasteiger partial charge is 0.166 e. The topological polar surface area (TPSA) is 0 Å². The van der Waals surface area contributed by atoms with Gasteiger partial charge in [0.15, 0.2) is 0 Å². The molecule has 0 aliphatic carbocycles. The molecule has 2 aromatic carbocycles. The lowest BCUT2D eigenvalue weighted by molar-refractivity contribution is -0.137. The second kappa shape index (κ2) is 5.05. The van der Waals surface area contributed by atoms with Crippen LogP contribution in [0.3, 0.4) is 0 Å². The first kappa shape index (κ1) is 13.6. The van der Waals surface area contributed by atoms with Gasteiger partial charge in [0.2, 0.25) is 0 Å². The van der Waals surface area contributed by atoms with E-state index >= 15 is 0 Å². The molecule has 18 heavy (non-hydrogen) atoms. The van der Waals surface area contributed by atoms with E-state index in [1.807, 2.05) is 0 Å². The fourth-order valence-corrected chi connectivity index (χ4v) is 2.26. The van der Waals surface area contributed by atoms with Crippen LogP contribution < -0.4 is 0 Å². The van der Waals surface area contributed by atoms with Gasteiger partial charge in [-0.2, -0.15) is 13.2 Å². The summed E-state index contributed by atoms with van der Waals surface area (Å²) in [5.41, 5.74) is 0.0791. The van der Waals surface area contributed by atoms with Crippen molar-refractivity contribution >= 4 is 31.9 Å². The Hall–Kier alpha value is -0.810. The lowest BCUT2D eigenvalue weighted by Crippen LogP contribution is -2.07. The van der Waals surface area contributed by atoms with Crippen LogP contribution in [0.1, 0.15) is 5.56 Å². The molecule has 0 heterocycles. The first-order chi connectivity index (χ1) is 8.38. The van der Waals surface area contributed by atoms with Gasteiger partial charge in [-0.15, -0.1) is 0 Å². The van der Waals surface area contributed by atoms with Gasteiger partial charge in [-0.05, 0) is 35.4 Å². The van der Waals surface area contributed by atoms with Crippen LogP contribution in [-0.4, -0.2) is 0 Å². The van der Waals surface area contributed by atoms with Gasteiger partial charge in [0.1, 0.15) is 0 Å². The third kappa shape index (κ3) is 2.95. The van der Waals surface area contributed by atoms with Crippen molar-refractivity contribution in [2.45, 2.75) is 6.18 Å². The number of benzene rings is 2. The fraction of sp³-hybridized carbons (Fsp3) is 0.0769. The van der Waals surface area contributed by atoms with Crippen molar-refractivity contribution < 1.29 is 13.2 Å². The highest BCUT2D eigenvalue weighted by Crippen LogP contribution is 2.38. The highest BCUT2D eigenvalue weighted by Gasteiger charge is 2.33. The molecule has 0 nitrogen and oxygen atoms in total. The highest BCUT2D eigenvalue weighted by molar-refractivity contribution is 9.10. The molecule has 0 bridgehead atoms. The third-order valence-corrected chi connectivity index (χ3v) is 3.46. The zero-order chi connectivity index (χ0) is 13.3. The molecule has 0 amide bonds. The predicted octanol–water partition coefficient (Wildman–Crippen LogP) is 5.90. The normalized spacial score (nSPS) is 11.6. The van der Waals surface area contributed by atoms with E-state index in [2.05, 4.69) is 31.9 Å². The molecule has 0 aromatic heterocycles.